The second kappa shape index (κ2) is 7.67. The molecule has 154 valence electrons. The molecule has 0 spiro atoms. The molecule has 0 aliphatic heterocycles. The van der Waals surface area contributed by atoms with Crippen molar-refractivity contribution in [3.05, 3.63) is 101 Å². The van der Waals surface area contributed by atoms with Crippen molar-refractivity contribution in [2.75, 3.05) is 0 Å². The third-order valence-electron chi connectivity index (χ3n) is 6.45. The normalized spacial score (nSPS) is 13.7. The molecule has 3 aromatic carbocycles. The van der Waals surface area contributed by atoms with Gasteiger partial charge in [-0.05, 0) is 62.7 Å². The summed E-state index contributed by atoms with van der Waals surface area (Å²) >= 11 is 4.38. The molecule has 1 aromatic heterocycles. The maximum atomic E-state index is 10.2. The van der Waals surface area contributed by atoms with Gasteiger partial charge in [0.15, 0.2) is 0 Å². The van der Waals surface area contributed by atoms with Gasteiger partial charge in [0, 0.05) is 22.9 Å². The van der Waals surface area contributed by atoms with Gasteiger partial charge in [-0.25, -0.2) is 0 Å². The number of pyridine rings is 1. The molecule has 4 aromatic rings. The van der Waals surface area contributed by atoms with Crippen molar-refractivity contribution in [1.82, 2.24) is 4.98 Å². The summed E-state index contributed by atoms with van der Waals surface area (Å²) in [5, 5.41) is 10.2. The fourth-order valence-electron chi connectivity index (χ4n) is 4.95. The van der Waals surface area contributed by atoms with Gasteiger partial charge < -0.3 is 5.11 Å². The zero-order valence-electron chi connectivity index (χ0n) is 17.8. The van der Waals surface area contributed by atoms with Gasteiger partial charge in [-0.3, -0.25) is 4.98 Å². The number of aliphatic hydroxyl groups excluding tert-OH is 1. The van der Waals surface area contributed by atoms with Crippen LogP contribution in [0.2, 0.25) is 0 Å². The first-order valence-electron chi connectivity index (χ1n) is 10.6. The van der Waals surface area contributed by atoms with Crippen LogP contribution in [-0.4, -0.2) is 10.1 Å². The Morgan fingerprint density at radius 2 is 1.61 bits per heavy atom. The molecule has 0 radical (unpaired) electrons. The smallest absolute Gasteiger partial charge is 0.0708 e. The summed E-state index contributed by atoms with van der Waals surface area (Å²) in [5.74, 6) is 0.661. The molecule has 1 N–H and O–H groups in total. The summed E-state index contributed by atoms with van der Waals surface area (Å²) in [7, 11) is 0. The van der Waals surface area contributed by atoms with Crippen molar-refractivity contribution >= 4 is 12.6 Å². The average Bonchev–Trinajstić information content (AvgIpc) is 3.06. The van der Waals surface area contributed by atoms with E-state index in [2.05, 4.69) is 92.1 Å². The molecule has 0 atom stereocenters. The van der Waals surface area contributed by atoms with Gasteiger partial charge in [-0.15, -0.1) is 0 Å². The fraction of sp³-hybridized carbons (Fsp3) is 0.179. The highest BCUT2D eigenvalue weighted by atomic mass is 32.1. The van der Waals surface area contributed by atoms with E-state index < -0.39 is 0 Å². The predicted octanol–water partition coefficient (Wildman–Crippen LogP) is 6.64. The molecule has 0 bridgehead atoms. The van der Waals surface area contributed by atoms with Crippen LogP contribution < -0.4 is 0 Å². The quantitative estimate of drug-likeness (QED) is 0.361. The van der Waals surface area contributed by atoms with Gasteiger partial charge in [-0.2, -0.15) is 12.6 Å². The zero-order chi connectivity index (χ0) is 21.6. The van der Waals surface area contributed by atoms with Crippen LogP contribution in [0.5, 0.6) is 0 Å². The summed E-state index contributed by atoms with van der Waals surface area (Å²) in [6.07, 6.45) is 1.81. The molecule has 1 heterocycles. The second-order valence-electron chi connectivity index (χ2n) is 8.64. The Morgan fingerprint density at radius 1 is 0.839 bits per heavy atom. The van der Waals surface area contributed by atoms with Gasteiger partial charge in [0.2, 0.25) is 0 Å². The number of rotatable bonds is 4. The molecular weight excluding hydrogens is 398 g/mol. The second-order valence-corrected chi connectivity index (χ2v) is 8.95. The number of fused-ring (bicyclic) bond motifs is 3. The Labute approximate surface area is 189 Å². The van der Waals surface area contributed by atoms with Gasteiger partial charge in [-0.1, -0.05) is 68.4 Å². The zero-order valence-corrected chi connectivity index (χ0v) is 18.7. The molecule has 5 rings (SSSR count). The lowest BCUT2D eigenvalue weighted by Crippen LogP contribution is -2.16. The first-order chi connectivity index (χ1) is 15.0. The number of thiol groups is 1. The van der Waals surface area contributed by atoms with E-state index in [1.807, 2.05) is 12.1 Å². The molecule has 1 aliphatic carbocycles. The highest BCUT2D eigenvalue weighted by Crippen LogP contribution is 2.52. The standard InChI is InChI=1S/C28H25NOS/c1-28(2)25-9-4-3-6-23(25)24-8-5-7-22(27(24)28)19-10-11-21(20(15-19)16-30)26-14-18(17-31)12-13-29-26/h3-15,30-31H,16-17H2,1-2H3. The molecule has 0 saturated heterocycles. The molecule has 1 aliphatic rings. The molecule has 0 amide bonds. The Balaban J connectivity index is 1.67. The first-order valence-corrected chi connectivity index (χ1v) is 11.2. The van der Waals surface area contributed by atoms with Crippen molar-refractivity contribution in [2.24, 2.45) is 0 Å². The van der Waals surface area contributed by atoms with Crippen LogP contribution >= 0.6 is 12.6 Å². The third kappa shape index (κ3) is 3.20. The third-order valence-corrected chi connectivity index (χ3v) is 6.81. The van der Waals surface area contributed by atoms with E-state index in [0.29, 0.717) is 5.75 Å². The molecule has 31 heavy (non-hydrogen) atoms. The fourth-order valence-corrected chi connectivity index (χ4v) is 5.15. The summed E-state index contributed by atoms with van der Waals surface area (Å²) < 4.78 is 0. The average molecular weight is 424 g/mol. The number of hydrogen-bond acceptors (Lipinski definition) is 3. The number of hydrogen-bond donors (Lipinski definition) is 2. The van der Waals surface area contributed by atoms with E-state index in [1.54, 1.807) is 6.20 Å². The highest BCUT2D eigenvalue weighted by Gasteiger charge is 2.37. The molecule has 2 nitrogen and oxygen atoms in total. The van der Waals surface area contributed by atoms with Crippen molar-refractivity contribution in [3.63, 3.8) is 0 Å². The van der Waals surface area contributed by atoms with Crippen LogP contribution in [0.25, 0.3) is 33.5 Å². The Hall–Kier alpha value is -2.88. The van der Waals surface area contributed by atoms with Crippen LogP contribution in [0.4, 0.5) is 0 Å². The van der Waals surface area contributed by atoms with E-state index in [0.717, 1.165) is 27.9 Å². The number of benzene rings is 3. The SMILES string of the molecule is CC1(C)c2ccccc2-c2cccc(-c3ccc(-c4cc(CS)ccn4)c(CO)c3)c21. The van der Waals surface area contributed by atoms with Crippen molar-refractivity contribution < 1.29 is 5.11 Å². The van der Waals surface area contributed by atoms with E-state index in [9.17, 15) is 5.11 Å². The monoisotopic (exact) mass is 423 g/mol. The minimum absolute atomic E-state index is 0.0331. The van der Waals surface area contributed by atoms with Crippen LogP contribution in [0, 0.1) is 0 Å². The van der Waals surface area contributed by atoms with Crippen molar-refractivity contribution in [3.8, 4) is 33.5 Å². The van der Waals surface area contributed by atoms with E-state index in [4.69, 9.17) is 0 Å². The van der Waals surface area contributed by atoms with Gasteiger partial charge in [0.05, 0.1) is 12.3 Å². The van der Waals surface area contributed by atoms with Gasteiger partial charge in [0.25, 0.3) is 0 Å². The van der Waals surface area contributed by atoms with Crippen LogP contribution in [0.1, 0.15) is 36.1 Å². The summed E-state index contributed by atoms with van der Waals surface area (Å²) in [6.45, 7) is 4.57. The number of nitrogens with zero attached hydrogens (tertiary/aromatic N) is 1. The minimum atomic E-state index is -0.0803. The van der Waals surface area contributed by atoms with E-state index in [-0.39, 0.29) is 12.0 Å². The Bertz CT molecular complexity index is 1290. The Morgan fingerprint density at radius 3 is 2.42 bits per heavy atom. The van der Waals surface area contributed by atoms with Crippen molar-refractivity contribution in [1.29, 1.82) is 0 Å². The maximum absolute atomic E-state index is 10.2. The lowest BCUT2D eigenvalue weighted by molar-refractivity contribution is 0.282. The molecular formula is C28H25NOS. The minimum Gasteiger partial charge on any atom is -0.392 e. The predicted molar refractivity (Wildman–Crippen MR) is 131 cm³/mol. The summed E-state index contributed by atoms with van der Waals surface area (Å²) in [6, 6.07) is 25.6. The first kappa shape index (κ1) is 20.0. The topological polar surface area (TPSA) is 33.1 Å². The number of aromatic nitrogens is 1. The Kier molecular flexibility index (Phi) is 4.96. The summed E-state index contributed by atoms with van der Waals surface area (Å²) in [5.41, 5.74) is 11.4. The number of aliphatic hydroxyl groups is 1. The van der Waals surface area contributed by atoms with Crippen LogP contribution in [0.3, 0.4) is 0 Å². The highest BCUT2D eigenvalue weighted by molar-refractivity contribution is 7.79. The summed E-state index contributed by atoms with van der Waals surface area (Å²) in [4.78, 5) is 4.53. The molecule has 0 unspecified atom stereocenters. The van der Waals surface area contributed by atoms with Crippen LogP contribution in [-0.2, 0) is 17.8 Å². The van der Waals surface area contributed by atoms with Gasteiger partial charge in [0.1, 0.15) is 0 Å². The molecule has 0 fully saturated rings. The largest absolute Gasteiger partial charge is 0.392 e. The van der Waals surface area contributed by atoms with Crippen LogP contribution in [0.15, 0.2) is 79.0 Å². The maximum Gasteiger partial charge on any atom is 0.0708 e. The lowest BCUT2D eigenvalue weighted by atomic mass is 9.78. The van der Waals surface area contributed by atoms with E-state index >= 15 is 0 Å². The molecule has 3 heteroatoms. The van der Waals surface area contributed by atoms with Crippen molar-refractivity contribution in [2.45, 2.75) is 31.6 Å². The molecule has 0 saturated carbocycles. The van der Waals surface area contributed by atoms with E-state index in [1.165, 1.54) is 27.8 Å². The lowest BCUT2D eigenvalue weighted by Gasteiger charge is -2.25. The van der Waals surface area contributed by atoms with Gasteiger partial charge >= 0.3 is 0 Å².